The lowest BCUT2D eigenvalue weighted by Crippen LogP contribution is -2.35. The second kappa shape index (κ2) is 4.61. The Morgan fingerprint density at radius 3 is 2.32 bits per heavy atom. The zero-order chi connectivity index (χ0) is 14.2. The van der Waals surface area contributed by atoms with Crippen molar-refractivity contribution in [2.75, 3.05) is 4.90 Å². The molecule has 1 aliphatic heterocycles. The summed E-state index contributed by atoms with van der Waals surface area (Å²) < 4.78 is 0. The van der Waals surface area contributed by atoms with Gasteiger partial charge in [0, 0.05) is 11.8 Å². The van der Waals surface area contributed by atoms with Gasteiger partial charge in [0.05, 0.1) is 11.6 Å². The van der Waals surface area contributed by atoms with Crippen molar-refractivity contribution in [3.05, 3.63) is 29.8 Å². The predicted molar refractivity (Wildman–Crippen MR) is 71.6 cm³/mol. The zero-order valence-electron chi connectivity index (χ0n) is 11.3. The summed E-state index contributed by atoms with van der Waals surface area (Å²) in [4.78, 5) is 36.6. The van der Waals surface area contributed by atoms with Gasteiger partial charge in [-0.3, -0.25) is 14.5 Å². The van der Waals surface area contributed by atoms with Crippen molar-refractivity contribution in [1.29, 1.82) is 0 Å². The molecule has 4 heteroatoms. The van der Waals surface area contributed by atoms with Gasteiger partial charge in [0.15, 0.2) is 0 Å². The van der Waals surface area contributed by atoms with Gasteiger partial charge in [-0.2, -0.15) is 0 Å². The first-order valence-electron chi connectivity index (χ1n) is 6.26. The molecular formula is C15H17NO3. The molecular weight excluding hydrogens is 242 g/mol. The maximum atomic E-state index is 12.4. The largest absolute Gasteiger partial charge is 0.303 e. The summed E-state index contributed by atoms with van der Waals surface area (Å²) in [6, 6.07) is 7.21. The number of aldehydes is 1. The van der Waals surface area contributed by atoms with Crippen molar-refractivity contribution in [1.82, 2.24) is 0 Å². The molecule has 1 aliphatic rings. The van der Waals surface area contributed by atoms with Crippen LogP contribution in [0, 0.1) is 18.3 Å². The van der Waals surface area contributed by atoms with Crippen molar-refractivity contribution < 1.29 is 14.4 Å². The molecule has 0 radical (unpaired) electrons. The minimum Gasteiger partial charge on any atom is -0.303 e. The number of imide groups is 1. The number of amides is 2. The molecule has 1 aromatic rings. The second-order valence-electron chi connectivity index (χ2n) is 5.60. The first-order valence-corrected chi connectivity index (χ1v) is 6.26. The number of hydrogen-bond acceptors (Lipinski definition) is 3. The van der Waals surface area contributed by atoms with E-state index in [1.54, 1.807) is 26.0 Å². The van der Waals surface area contributed by atoms with Gasteiger partial charge < -0.3 is 4.79 Å². The molecule has 0 aromatic heterocycles. The lowest BCUT2D eigenvalue weighted by atomic mass is 9.79. The van der Waals surface area contributed by atoms with E-state index >= 15 is 0 Å². The summed E-state index contributed by atoms with van der Waals surface area (Å²) in [5, 5.41) is 0. The molecule has 2 rings (SSSR count). The maximum absolute atomic E-state index is 12.4. The number of benzene rings is 1. The SMILES string of the molecule is Cc1ccc(N2C(=O)C[C@H](C(C)(C)C=O)C2=O)cc1. The van der Waals surface area contributed by atoms with Crippen molar-refractivity contribution in [3.63, 3.8) is 0 Å². The van der Waals surface area contributed by atoms with E-state index in [2.05, 4.69) is 0 Å². The van der Waals surface area contributed by atoms with Crippen LogP contribution in [0.4, 0.5) is 5.69 Å². The van der Waals surface area contributed by atoms with Crippen LogP contribution in [0.2, 0.25) is 0 Å². The summed E-state index contributed by atoms with van der Waals surface area (Å²) in [5.74, 6) is -1.10. The standard InChI is InChI=1S/C15H17NO3/c1-10-4-6-11(7-5-10)16-13(18)8-12(14(16)19)15(2,3)9-17/h4-7,9,12H,8H2,1-3H3/t12-/m0/s1. The van der Waals surface area contributed by atoms with Crippen molar-refractivity contribution in [2.45, 2.75) is 27.2 Å². The van der Waals surface area contributed by atoms with Gasteiger partial charge in [-0.05, 0) is 19.1 Å². The van der Waals surface area contributed by atoms with E-state index in [1.807, 2.05) is 19.1 Å². The molecule has 0 bridgehead atoms. The third kappa shape index (κ3) is 2.30. The molecule has 0 unspecified atom stereocenters. The molecule has 19 heavy (non-hydrogen) atoms. The Hall–Kier alpha value is -1.97. The van der Waals surface area contributed by atoms with E-state index in [4.69, 9.17) is 0 Å². The Kier molecular flexibility index (Phi) is 3.27. The fourth-order valence-electron chi connectivity index (χ4n) is 2.26. The van der Waals surface area contributed by atoms with Gasteiger partial charge >= 0.3 is 0 Å². The topological polar surface area (TPSA) is 54.5 Å². The second-order valence-corrected chi connectivity index (χ2v) is 5.60. The molecule has 1 atom stereocenters. The highest BCUT2D eigenvalue weighted by Gasteiger charge is 2.47. The highest BCUT2D eigenvalue weighted by molar-refractivity contribution is 6.21. The molecule has 4 nitrogen and oxygen atoms in total. The van der Waals surface area contributed by atoms with Gasteiger partial charge in [0.2, 0.25) is 11.8 Å². The summed E-state index contributed by atoms with van der Waals surface area (Å²) in [7, 11) is 0. The number of aryl methyl sites for hydroxylation is 1. The third-order valence-electron chi connectivity index (χ3n) is 3.64. The van der Waals surface area contributed by atoms with Crippen LogP contribution in [0.25, 0.3) is 0 Å². The Morgan fingerprint density at radius 2 is 1.79 bits per heavy atom. The highest BCUT2D eigenvalue weighted by Crippen LogP contribution is 2.36. The number of rotatable bonds is 3. The van der Waals surface area contributed by atoms with Crippen LogP contribution in [-0.4, -0.2) is 18.1 Å². The molecule has 0 N–H and O–H groups in total. The van der Waals surface area contributed by atoms with Gasteiger partial charge in [-0.15, -0.1) is 0 Å². The Morgan fingerprint density at radius 1 is 1.21 bits per heavy atom. The number of anilines is 1. The van der Waals surface area contributed by atoms with Crippen molar-refractivity contribution in [2.24, 2.45) is 11.3 Å². The van der Waals surface area contributed by atoms with Gasteiger partial charge in [-0.1, -0.05) is 31.5 Å². The monoisotopic (exact) mass is 259 g/mol. The average Bonchev–Trinajstić information content (AvgIpc) is 2.67. The van der Waals surface area contributed by atoms with E-state index in [-0.39, 0.29) is 18.2 Å². The normalized spacial score (nSPS) is 19.9. The van der Waals surface area contributed by atoms with Crippen LogP contribution in [0.1, 0.15) is 25.8 Å². The molecule has 1 heterocycles. The van der Waals surface area contributed by atoms with Crippen LogP contribution in [-0.2, 0) is 14.4 Å². The molecule has 1 fully saturated rings. The first-order chi connectivity index (χ1) is 8.86. The molecule has 100 valence electrons. The summed E-state index contributed by atoms with van der Waals surface area (Å²) in [5.41, 5.74) is 0.823. The van der Waals surface area contributed by atoms with E-state index in [1.165, 1.54) is 4.90 Å². The van der Waals surface area contributed by atoms with Crippen LogP contribution in [0.3, 0.4) is 0 Å². The number of nitrogens with zero attached hydrogens (tertiary/aromatic N) is 1. The third-order valence-corrected chi connectivity index (χ3v) is 3.64. The number of carbonyl (C=O) groups is 3. The van der Waals surface area contributed by atoms with Gasteiger partial charge in [0.1, 0.15) is 6.29 Å². The number of hydrogen-bond donors (Lipinski definition) is 0. The van der Waals surface area contributed by atoms with Crippen LogP contribution in [0.5, 0.6) is 0 Å². The van der Waals surface area contributed by atoms with Crippen LogP contribution >= 0.6 is 0 Å². The average molecular weight is 259 g/mol. The fraction of sp³-hybridized carbons (Fsp3) is 0.400. The quantitative estimate of drug-likeness (QED) is 0.617. The minimum absolute atomic E-state index is 0.0957. The number of carbonyl (C=O) groups excluding carboxylic acids is 3. The van der Waals surface area contributed by atoms with E-state index in [0.29, 0.717) is 5.69 Å². The summed E-state index contributed by atoms with van der Waals surface area (Å²) in [6.07, 6.45) is 0.847. The Bertz CT molecular complexity index is 531. The molecule has 0 spiro atoms. The van der Waals surface area contributed by atoms with E-state index < -0.39 is 11.3 Å². The lowest BCUT2D eigenvalue weighted by Gasteiger charge is -2.23. The Balaban J connectivity index is 2.34. The highest BCUT2D eigenvalue weighted by atomic mass is 16.2. The van der Waals surface area contributed by atoms with E-state index in [9.17, 15) is 14.4 Å². The van der Waals surface area contributed by atoms with Crippen LogP contribution in [0.15, 0.2) is 24.3 Å². The van der Waals surface area contributed by atoms with Crippen LogP contribution < -0.4 is 4.90 Å². The molecule has 0 saturated carbocycles. The minimum atomic E-state index is -0.813. The predicted octanol–water partition coefficient (Wildman–Crippen LogP) is 2.10. The maximum Gasteiger partial charge on any atom is 0.238 e. The lowest BCUT2D eigenvalue weighted by molar-refractivity contribution is -0.129. The van der Waals surface area contributed by atoms with Crippen molar-refractivity contribution >= 4 is 23.8 Å². The molecule has 1 saturated heterocycles. The van der Waals surface area contributed by atoms with E-state index in [0.717, 1.165) is 11.8 Å². The zero-order valence-corrected chi connectivity index (χ0v) is 11.3. The smallest absolute Gasteiger partial charge is 0.238 e. The fourth-order valence-corrected chi connectivity index (χ4v) is 2.26. The Labute approximate surface area is 112 Å². The van der Waals surface area contributed by atoms with Crippen molar-refractivity contribution in [3.8, 4) is 0 Å². The summed E-state index contributed by atoms with van der Waals surface area (Å²) >= 11 is 0. The van der Waals surface area contributed by atoms with Gasteiger partial charge in [0.25, 0.3) is 0 Å². The molecule has 0 aliphatic carbocycles. The first kappa shape index (κ1) is 13.5. The summed E-state index contributed by atoms with van der Waals surface area (Å²) in [6.45, 7) is 5.32. The van der Waals surface area contributed by atoms with Gasteiger partial charge in [-0.25, -0.2) is 0 Å². The molecule has 1 aromatic carbocycles. The molecule has 2 amide bonds.